The fraction of sp³-hybridized carbons (Fsp3) is 0.125. The number of anilines is 1. The third kappa shape index (κ3) is 12.1. The molecule has 5 heteroatoms. The molecule has 0 saturated heterocycles. The summed E-state index contributed by atoms with van der Waals surface area (Å²) in [5.74, 6) is 0. The minimum atomic E-state index is -0.917. The summed E-state index contributed by atoms with van der Waals surface area (Å²) in [6.45, 7) is 1.39. The second-order valence-corrected chi connectivity index (χ2v) is 2.22. The summed E-state index contributed by atoms with van der Waals surface area (Å²) in [4.78, 5) is 0. The molecule has 1 radical (unpaired) electrons. The van der Waals surface area contributed by atoms with Crippen molar-refractivity contribution in [2.75, 3.05) is 5.32 Å². The van der Waals surface area contributed by atoms with Gasteiger partial charge in [0.1, 0.15) is 0 Å². The van der Waals surface area contributed by atoms with Crippen molar-refractivity contribution < 1.29 is 37.7 Å². The van der Waals surface area contributed by atoms with Gasteiger partial charge in [0, 0.05) is 38.4 Å². The van der Waals surface area contributed by atoms with Crippen LogP contribution in [0.25, 0.3) is 5.64 Å². The molecule has 13 heavy (non-hydrogen) atoms. The largest absolute Gasteiger partial charge is 0.676 e. The van der Waals surface area contributed by atoms with Crippen LogP contribution in [-0.2, 0) is 32.7 Å². The van der Waals surface area contributed by atoms with Gasteiger partial charge in [0.05, 0.1) is 0 Å². The Labute approximate surface area is 105 Å². The third-order valence-corrected chi connectivity index (χ3v) is 0.978. The molecule has 0 fully saturated rings. The Balaban J connectivity index is 0. The fourth-order valence-electron chi connectivity index (χ4n) is 0.556. The van der Waals surface area contributed by atoms with Crippen LogP contribution in [0.3, 0.4) is 0 Å². The molecule has 0 spiro atoms. The van der Waals surface area contributed by atoms with Crippen molar-refractivity contribution in [3.63, 3.8) is 0 Å². The first-order valence-electron chi connectivity index (χ1n) is 3.64. The van der Waals surface area contributed by atoms with Crippen molar-refractivity contribution in [1.29, 1.82) is 0 Å². The predicted octanol–water partition coefficient (Wildman–Crippen LogP) is 2.04. The van der Waals surface area contributed by atoms with Gasteiger partial charge in [-0.1, -0.05) is 25.0 Å². The van der Waals surface area contributed by atoms with E-state index in [0.29, 0.717) is 0 Å². The molecule has 1 aromatic rings. The van der Waals surface area contributed by atoms with Crippen LogP contribution in [0.2, 0.25) is 6.82 Å². The van der Waals surface area contributed by atoms with Crippen LogP contribution in [0, 0.1) is 7.05 Å². The second kappa shape index (κ2) is 10.2. The van der Waals surface area contributed by atoms with Gasteiger partial charge in [0.25, 0.3) is 0 Å². The van der Waals surface area contributed by atoms with Crippen LogP contribution < -0.4 is 5.32 Å². The summed E-state index contributed by atoms with van der Waals surface area (Å²) in [6.07, 6.45) is 0. The van der Waals surface area contributed by atoms with Crippen molar-refractivity contribution in [3.8, 4) is 0 Å². The maximum Gasteiger partial charge on any atom is 0.158 e. The molecule has 0 atom stereocenters. The van der Waals surface area contributed by atoms with Crippen molar-refractivity contribution in [1.82, 2.24) is 0 Å². The van der Waals surface area contributed by atoms with E-state index in [9.17, 15) is 0 Å². The molecule has 0 amide bonds. The average Bonchev–Trinajstić information content (AvgIpc) is 2.05. The molecule has 3 N–H and O–H groups in total. The molecule has 0 bridgehead atoms. The summed E-state index contributed by atoms with van der Waals surface area (Å²) in [5.41, 5.74) is 7.19. The van der Waals surface area contributed by atoms with E-state index >= 15 is 0 Å². The van der Waals surface area contributed by atoms with Crippen LogP contribution >= 0.6 is 0 Å². The Kier molecular flexibility index (Phi) is 12.2. The Bertz CT molecular complexity index is 194. The number of hydrogen-bond acceptors (Lipinski definition) is 2. The monoisotopic (exact) mass is 253 g/mol. The van der Waals surface area contributed by atoms with Crippen LogP contribution in [0.4, 0.5) is 5.69 Å². The molecule has 0 heterocycles. The third-order valence-electron chi connectivity index (χ3n) is 0.978. The number of hydrogen-bond donors (Lipinski definition) is 2. The van der Waals surface area contributed by atoms with E-state index < -0.39 is 7.05 Å². The predicted molar refractivity (Wildman–Crippen MR) is 53.6 cm³/mol. The van der Waals surface area contributed by atoms with Crippen LogP contribution in [-0.4, -0.2) is 12.1 Å². The molecule has 0 aromatic heterocycles. The normalized spacial score (nSPS) is 7.38. The molecule has 0 aliphatic rings. The molecule has 0 aliphatic carbocycles. The summed E-state index contributed by atoms with van der Waals surface area (Å²) in [6, 6.07) is 9.84. The van der Waals surface area contributed by atoms with Gasteiger partial charge >= 0.3 is 0 Å². The van der Waals surface area contributed by atoms with Crippen LogP contribution in [0.1, 0.15) is 0 Å². The van der Waals surface area contributed by atoms with Crippen molar-refractivity contribution >= 4 is 12.7 Å². The van der Waals surface area contributed by atoms with E-state index in [0.717, 1.165) is 5.69 Å². The molecular weight excluding hydrogens is 240 g/mol. The standard InChI is InChI=1S/C7H8N.CH5BNO.Y/c1-8-7-5-3-2-4-6-7;1-2(3)4;/h2-6,8H,1H2;3-4H,1H3;/q2*-1;. The van der Waals surface area contributed by atoms with Gasteiger partial charge in [-0.05, 0) is 12.1 Å². The quantitative estimate of drug-likeness (QED) is 0.594. The van der Waals surface area contributed by atoms with E-state index in [-0.39, 0.29) is 32.7 Å². The van der Waals surface area contributed by atoms with E-state index in [2.05, 4.69) is 12.4 Å². The van der Waals surface area contributed by atoms with Crippen LogP contribution in [0.15, 0.2) is 30.3 Å². The molecule has 1 rings (SSSR count). The first-order chi connectivity index (χ1) is 5.66. The van der Waals surface area contributed by atoms with Crippen molar-refractivity contribution in [2.24, 2.45) is 0 Å². The number of para-hydroxylation sites is 1. The number of benzene rings is 1. The first-order valence-corrected chi connectivity index (χ1v) is 3.64. The molecule has 0 unspecified atom stereocenters. The zero-order valence-electron chi connectivity index (χ0n) is 7.70. The van der Waals surface area contributed by atoms with Crippen molar-refractivity contribution in [3.05, 3.63) is 43.0 Å². The second-order valence-electron chi connectivity index (χ2n) is 2.22. The van der Waals surface area contributed by atoms with Gasteiger partial charge in [0.2, 0.25) is 0 Å². The van der Waals surface area contributed by atoms with Gasteiger partial charge in [0.15, 0.2) is 7.05 Å². The van der Waals surface area contributed by atoms with Gasteiger partial charge in [-0.3, -0.25) is 7.05 Å². The minimum absolute atomic E-state index is 0. The Morgan fingerprint density at radius 1 is 1.38 bits per heavy atom. The Morgan fingerprint density at radius 3 is 2.00 bits per heavy atom. The number of nitrogens with one attached hydrogen (secondary N) is 2. The molecular formula is C8H13BN2OY-2. The topological polar surface area (TPSA) is 56.1 Å². The Hall–Kier alpha value is 0.109. The van der Waals surface area contributed by atoms with E-state index in [1.807, 2.05) is 30.3 Å². The summed E-state index contributed by atoms with van der Waals surface area (Å²) >= 11 is 0. The molecule has 69 valence electrons. The first kappa shape index (κ1) is 15.6. The summed E-state index contributed by atoms with van der Waals surface area (Å²) in [5, 5.41) is 10.5. The van der Waals surface area contributed by atoms with E-state index in [1.165, 1.54) is 6.82 Å². The zero-order valence-corrected chi connectivity index (χ0v) is 10.5. The van der Waals surface area contributed by atoms with E-state index in [4.69, 9.17) is 10.7 Å². The molecule has 3 nitrogen and oxygen atoms in total. The van der Waals surface area contributed by atoms with Gasteiger partial charge in [-0.15, -0.1) is 0 Å². The maximum atomic E-state index is 7.72. The fourth-order valence-corrected chi connectivity index (χ4v) is 0.556. The summed E-state index contributed by atoms with van der Waals surface area (Å²) < 4.78 is 0. The smallest absolute Gasteiger partial charge is 0.158 e. The molecule has 0 aliphatic heterocycles. The Morgan fingerprint density at radius 2 is 1.77 bits per heavy atom. The molecule has 1 aromatic carbocycles. The van der Waals surface area contributed by atoms with Gasteiger partial charge in [-0.2, -0.15) is 0 Å². The van der Waals surface area contributed by atoms with Gasteiger partial charge in [-0.25, -0.2) is 0 Å². The van der Waals surface area contributed by atoms with Crippen molar-refractivity contribution in [2.45, 2.75) is 6.82 Å². The summed E-state index contributed by atoms with van der Waals surface area (Å²) in [7, 11) is 2.59. The average molecular weight is 253 g/mol. The molecule has 0 saturated carbocycles. The van der Waals surface area contributed by atoms with E-state index in [1.54, 1.807) is 0 Å². The zero-order chi connectivity index (χ0) is 9.40. The maximum absolute atomic E-state index is 7.72. The SMILES string of the molecule is CB([NH-])O.[CH2-]Nc1ccccc1.[Y]. The van der Waals surface area contributed by atoms with Gasteiger partial charge < -0.3 is 16.0 Å². The number of rotatable bonds is 1. The minimum Gasteiger partial charge on any atom is -0.676 e. The van der Waals surface area contributed by atoms with Crippen LogP contribution in [0.5, 0.6) is 0 Å².